The van der Waals surface area contributed by atoms with Crippen molar-refractivity contribution in [1.82, 2.24) is 0 Å². The van der Waals surface area contributed by atoms with Crippen LogP contribution >= 0.6 is 0 Å². The van der Waals surface area contributed by atoms with E-state index in [0.29, 0.717) is 25.0 Å². The van der Waals surface area contributed by atoms with Gasteiger partial charge in [0.15, 0.2) is 0 Å². The van der Waals surface area contributed by atoms with E-state index >= 15 is 0 Å². The van der Waals surface area contributed by atoms with Crippen molar-refractivity contribution >= 4 is 11.9 Å². The van der Waals surface area contributed by atoms with Crippen LogP contribution in [0.25, 0.3) is 0 Å². The van der Waals surface area contributed by atoms with E-state index in [0.717, 1.165) is 50.5 Å². The first-order chi connectivity index (χ1) is 20.6. The summed E-state index contributed by atoms with van der Waals surface area (Å²) in [6.07, 6.45) is 16.7. The molecule has 0 heterocycles. The van der Waals surface area contributed by atoms with Gasteiger partial charge in [0.25, 0.3) is 0 Å². The van der Waals surface area contributed by atoms with E-state index in [4.69, 9.17) is 14.2 Å². The van der Waals surface area contributed by atoms with Crippen molar-refractivity contribution in [1.29, 1.82) is 0 Å². The Bertz CT molecular complexity index is 945. The zero-order valence-corrected chi connectivity index (χ0v) is 26.6. The van der Waals surface area contributed by atoms with Crippen LogP contribution in [0.5, 0.6) is 0 Å². The Balaban J connectivity index is 2.13. The lowest BCUT2D eigenvalue weighted by atomic mass is 9.90. The van der Waals surface area contributed by atoms with Gasteiger partial charge in [0.1, 0.15) is 6.10 Å². The fourth-order valence-electron chi connectivity index (χ4n) is 5.47. The summed E-state index contributed by atoms with van der Waals surface area (Å²) in [6, 6.07) is 19.2. The minimum Gasteiger partial charge on any atom is -0.469 e. The van der Waals surface area contributed by atoms with E-state index < -0.39 is 18.0 Å². The third-order valence-corrected chi connectivity index (χ3v) is 8.04. The molecular formula is C37H56O5. The quantitative estimate of drug-likeness (QED) is 0.0913. The third-order valence-electron chi connectivity index (χ3n) is 8.04. The number of unbranched alkanes of at least 4 members (excludes halogenated alkanes) is 11. The minimum absolute atomic E-state index is 0.133. The summed E-state index contributed by atoms with van der Waals surface area (Å²) in [7, 11) is 1.42. The summed E-state index contributed by atoms with van der Waals surface area (Å²) in [5, 5.41) is 0. The molecule has 0 fully saturated rings. The molecule has 42 heavy (non-hydrogen) atoms. The second-order valence-corrected chi connectivity index (χ2v) is 11.6. The maximum absolute atomic E-state index is 13.2. The van der Waals surface area contributed by atoms with Crippen molar-refractivity contribution in [2.24, 2.45) is 5.92 Å². The van der Waals surface area contributed by atoms with Gasteiger partial charge in [-0.15, -0.1) is 0 Å². The Morgan fingerprint density at radius 3 is 1.79 bits per heavy atom. The van der Waals surface area contributed by atoms with Gasteiger partial charge >= 0.3 is 11.9 Å². The number of hydrogen-bond donors (Lipinski definition) is 0. The molecule has 0 unspecified atom stereocenters. The molecule has 5 nitrogen and oxygen atoms in total. The first-order valence-corrected chi connectivity index (χ1v) is 16.6. The van der Waals surface area contributed by atoms with Crippen LogP contribution < -0.4 is 0 Å². The van der Waals surface area contributed by atoms with Gasteiger partial charge in [-0.3, -0.25) is 4.79 Å². The highest BCUT2D eigenvalue weighted by atomic mass is 16.6. The van der Waals surface area contributed by atoms with Crippen LogP contribution in [0, 0.1) is 5.92 Å². The molecule has 2 rings (SSSR count). The van der Waals surface area contributed by atoms with Crippen LogP contribution in [0.15, 0.2) is 60.7 Å². The number of methoxy groups -OCH3 is 1. The Morgan fingerprint density at radius 1 is 0.667 bits per heavy atom. The molecule has 3 atom stereocenters. The zero-order valence-electron chi connectivity index (χ0n) is 26.6. The van der Waals surface area contributed by atoms with E-state index in [1.165, 1.54) is 52.1 Å². The second-order valence-electron chi connectivity index (χ2n) is 11.6. The van der Waals surface area contributed by atoms with Gasteiger partial charge in [0.05, 0.1) is 31.3 Å². The average molecular weight is 581 g/mol. The summed E-state index contributed by atoms with van der Waals surface area (Å²) < 4.78 is 17.9. The van der Waals surface area contributed by atoms with Crippen molar-refractivity contribution in [3.05, 3.63) is 71.8 Å². The van der Waals surface area contributed by atoms with Gasteiger partial charge in [-0.2, -0.15) is 0 Å². The highest BCUT2D eigenvalue weighted by molar-refractivity contribution is 5.89. The van der Waals surface area contributed by atoms with E-state index in [2.05, 4.69) is 26.0 Å². The predicted molar refractivity (Wildman–Crippen MR) is 171 cm³/mol. The topological polar surface area (TPSA) is 61.8 Å². The van der Waals surface area contributed by atoms with Crippen LogP contribution in [-0.4, -0.2) is 31.3 Å². The first-order valence-electron chi connectivity index (χ1n) is 16.6. The SMILES string of the molecule is CCCCCCCCCCC[C@H](C[C@H](OC(=O)c1ccccc1)[C@H](CCCCCC)C(=O)OC)OCc1ccccc1. The molecule has 0 aromatic heterocycles. The predicted octanol–water partition coefficient (Wildman–Crippen LogP) is 9.87. The molecule has 234 valence electrons. The van der Waals surface area contributed by atoms with E-state index in [-0.39, 0.29) is 12.1 Å². The summed E-state index contributed by atoms with van der Waals surface area (Å²) in [5.41, 5.74) is 1.59. The molecule has 0 amide bonds. The zero-order chi connectivity index (χ0) is 30.3. The fraction of sp³-hybridized carbons (Fsp3) is 0.622. The summed E-state index contributed by atoms with van der Waals surface area (Å²) in [6.45, 7) is 4.91. The maximum atomic E-state index is 13.2. The molecular weight excluding hydrogens is 524 g/mol. The Kier molecular flexibility index (Phi) is 19.4. The Labute approximate surface area is 255 Å². The number of carbonyl (C=O) groups is 2. The highest BCUT2D eigenvalue weighted by Gasteiger charge is 2.34. The normalized spacial score (nSPS) is 13.3. The van der Waals surface area contributed by atoms with Crippen LogP contribution in [0.2, 0.25) is 0 Å². The third kappa shape index (κ3) is 15.0. The van der Waals surface area contributed by atoms with Crippen molar-refractivity contribution in [3.8, 4) is 0 Å². The molecule has 2 aromatic rings. The summed E-state index contributed by atoms with van der Waals surface area (Å²) in [5.74, 6) is -1.25. The molecule has 0 aliphatic heterocycles. The van der Waals surface area contributed by atoms with Gasteiger partial charge in [-0.05, 0) is 30.5 Å². The van der Waals surface area contributed by atoms with Gasteiger partial charge < -0.3 is 14.2 Å². The maximum Gasteiger partial charge on any atom is 0.338 e. The number of hydrogen-bond acceptors (Lipinski definition) is 5. The lowest BCUT2D eigenvalue weighted by Crippen LogP contribution is -2.37. The lowest BCUT2D eigenvalue weighted by Gasteiger charge is -2.29. The van der Waals surface area contributed by atoms with Crippen LogP contribution in [0.1, 0.15) is 133 Å². The number of benzene rings is 2. The van der Waals surface area contributed by atoms with Crippen molar-refractivity contribution in [2.75, 3.05) is 7.11 Å². The molecule has 0 aliphatic rings. The van der Waals surface area contributed by atoms with Crippen molar-refractivity contribution in [2.45, 2.75) is 135 Å². The largest absolute Gasteiger partial charge is 0.469 e. The molecule has 0 N–H and O–H groups in total. The van der Waals surface area contributed by atoms with Crippen LogP contribution in [0.4, 0.5) is 0 Å². The first kappa shape index (κ1) is 35.5. The van der Waals surface area contributed by atoms with E-state index in [1.807, 2.05) is 36.4 Å². The Morgan fingerprint density at radius 2 is 1.19 bits per heavy atom. The monoisotopic (exact) mass is 580 g/mol. The van der Waals surface area contributed by atoms with Gasteiger partial charge in [-0.1, -0.05) is 146 Å². The van der Waals surface area contributed by atoms with Crippen molar-refractivity contribution in [3.63, 3.8) is 0 Å². The fourth-order valence-corrected chi connectivity index (χ4v) is 5.47. The molecule has 0 bridgehead atoms. The average Bonchev–Trinajstić information content (AvgIpc) is 3.03. The number of rotatable bonds is 24. The van der Waals surface area contributed by atoms with Crippen LogP contribution in [-0.2, 0) is 25.6 Å². The van der Waals surface area contributed by atoms with Gasteiger partial charge in [-0.25, -0.2) is 4.79 Å². The molecule has 0 saturated heterocycles. The molecule has 2 aromatic carbocycles. The smallest absolute Gasteiger partial charge is 0.338 e. The summed E-state index contributed by atoms with van der Waals surface area (Å²) in [4.78, 5) is 26.3. The minimum atomic E-state index is -0.619. The Hall–Kier alpha value is -2.66. The van der Waals surface area contributed by atoms with Crippen LogP contribution in [0.3, 0.4) is 0 Å². The molecule has 0 aliphatic carbocycles. The van der Waals surface area contributed by atoms with Gasteiger partial charge in [0.2, 0.25) is 0 Å². The number of carbonyl (C=O) groups excluding carboxylic acids is 2. The number of esters is 2. The second kappa shape index (κ2) is 22.9. The van der Waals surface area contributed by atoms with Gasteiger partial charge in [0, 0.05) is 6.42 Å². The molecule has 0 saturated carbocycles. The molecule has 5 heteroatoms. The van der Waals surface area contributed by atoms with E-state index in [9.17, 15) is 9.59 Å². The lowest BCUT2D eigenvalue weighted by molar-refractivity contribution is -0.151. The van der Waals surface area contributed by atoms with E-state index in [1.54, 1.807) is 12.1 Å². The highest BCUT2D eigenvalue weighted by Crippen LogP contribution is 2.27. The molecule has 0 radical (unpaired) electrons. The van der Waals surface area contributed by atoms with Crippen molar-refractivity contribution < 1.29 is 23.8 Å². The molecule has 0 spiro atoms. The summed E-state index contributed by atoms with van der Waals surface area (Å²) >= 11 is 0. The standard InChI is InChI=1S/C37H56O5/c1-4-6-8-10-11-12-13-14-21-27-33(41-30-31-23-17-15-18-24-31)29-35(42-36(38)32-25-19-16-20-26-32)34(37(39)40-3)28-22-9-7-5-2/h15-20,23-26,33-35H,4-14,21-22,27-30H2,1-3H3/t33-,34+,35+/m1/s1. The number of ether oxygens (including phenoxy) is 3.